The van der Waals surface area contributed by atoms with Crippen LogP contribution in [0, 0.1) is 6.92 Å². The van der Waals surface area contributed by atoms with Gasteiger partial charge in [-0.05, 0) is 31.2 Å². The van der Waals surface area contributed by atoms with Crippen LogP contribution in [-0.2, 0) is 16.1 Å². The lowest BCUT2D eigenvalue weighted by Crippen LogP contribution is -2.49. The van der Waals surface area contributed by atoms with Crippen molar-refractivity contribution >= 4 is 34.8 Å². The third kappa shape index (κ3) is 4.84. The number of nitrogens with zero attached hydrogens (tertiary/aromatic N) is 2. The SMILES string of the molecule is Cc1ccc(C(=O)OCC(=O)N2CCN(Cc3ccc(Cl)s3)CC2)o1. The summed E-state index contributed by atoms with van der Waals surface area (Å²) >= 11 is 7.52. The number of piperazine rings is 1. The van der Waals surface area contributed by atoms with E-state index >= 15 is 0 Å². The molecule has 0 spiro atoms. The van der Waals surface area contributed by atoms with Gasteiger partial charge in [0.05, 0.1) is 4.34 Å². The maximum atomic E-state index is 12.2. The van der Waals surface area contributed by atoms with Gasteiger partial charge in [0.2, 0.25) is 5.76 Å². The number of hydrogen-bond acceptors (Lipinski definition) is 6. The summed E-state index contributed by atoms with van der Waals surface area (Å²) in [6.45, 7) is 5.13. The largest absolute Gasteiger partial charge is 0.454 e. The predicted octanol–water partition coefficient (Wildman–Crippen LogP) is 2.80. The van der Waals surface area contributed by atoms with Gasteiger partial charge in [0, 0.05) is 37.6 Å². The van der Waals surface area contributed by atoms with E-state index in [9.17, 15) is 9.59 Å². The van der Waals surface area contributed by atoms with Crippen molar-refractivity contribution in [2.24, 2.45) is 0 Å². The number of halogens is 1. The molecule has 1 saturated heterocycles. The number of amides is 1. The van der Waals surface area contributed by atoms with E-state index in [-0.39, 0.29) is 18.3 Å². The number of hydrogen-bond donors (Lipinski definition) is 0. The van der Waals surface area contributed by atoms with E-state index in [2.05, 4.69) is 4.90 Å². The second-order valence-electron chi connectivity index (χ2n) is 5.85. The molecule has 0 radical (unpaired) electrons. The third-order valence-electron chi connectivity index (χ3n) is 4.00. The number of thiophene rings is 1. The summed E-state index contributed by atoms with van der Waals surface area (Å²) in [5, 5.41) is 0. The first kappa shape index (κ1) is 18.0. The van der Waals surface area contributed by atoms with Gasteiger partial charge in [-0.3, -0.25) is 9.69 Å². The van der Waals surface area contributed by atoms with Crippen LogP contribution in [0.4, 0.5) is 0 Å². The van der Waals surface area contributed by atoms with Gasteiger partial charge in [-0.15, -0.1) is 11.3 Å². The summed E-state index contributed by atoms with van der Waals surface area (Å²) in [6.07, 6.45) is 0. The van der Waals surface area contributed by atoms with Crippen molar-refractivity contribution in [2.75, 3.05) is 32.8 Å². The monoisotopic (exact) mass is 382 g/mol. The minimum Gasteiger partial charge on any atom is -0.454 e. The van der Waals surface area contributed by atoms with Crippen LogP contribution in [0.1, 0.15) is 21.2 Å². The van der Waals surface area contributed by atoms with Crippen LogP contribution in [-0.4, -0.2) is 54.5 Å². The number of rotatable bonds is 5. The van der Waals surface area contributed by atoms with Gasteiger partial charge in [0.1, 0.15) is 5.76 Å². The zero-order chi connectivity index (χ0) is 17.8. The van der Waals surface area contributed by atoms with Gasteiger partial charge in [0.15, 0.2) is 6.61 Å². The van der Waals surface area contributed by atoms with Gasteiger partial charge in [-0.2, -0.15) is 0 Å². The molecule has 0 atom stereocenters. The average Bonchev–Trinajstić information content (AvgIpc) is 3.21. The normalized spacial score (nSPS) is 15.4. The van der Waals surface area contributed by atoms with Crippen LogP contribution in [0.2, 0.25) is 4.34 Å². The molecule has 1 aliphatic heterocycles. The van der Waals surface area contributed by atoms with Crippen LogP contribution in [0.15, 0.2) is 28.7 Å². The Bertz CT molecular complexity index is 749. The summed E-state index contributed by atoms with van der Waals surface area (Å²) in [7, 11) is 0. The number of aryl methyl sites for hydroxylation is 1. The van der Waals surface area contributed by atoms with Gasteiger partial charge in [-0.1, -0.05) is 11.6 Å². The first-order valence-electron chi connectivity index (χ1n) is 7.99. The molecule has 3 rings (SSSR count). The fourth-order valence-electron chi connectivity index (χ4n) is 2.65. The zero-order valence-electron chi connectivity index (χ0n) is 13.9. The number of carbonyl (C=O) groups excluding carboxylic acids is 2. The fourth-order valence-corrected chi connectivity index (χ4v) is 3.78. The van der Waals surface area contributed by atoms with Gasteiger partial charge >= 0.3 is 5.97 Å². The van der Waals surface area contributed by atoms with Crippen LogP contribution < -0.4 is 0 Å². The van der Waals surface area contributed by atoms with Crippen molar-refractivity contribution in [3.8, 4) is 0 Å². The summed E-state index contributed by atoms with van der Waals surface area (Å²) in [4.78, 5) is 29.2. The molecule has 0 unspecified atom stereocenters. The molecular formula is C17H19ClN2O4S. The van der Waals surface area contributed by atoms with E-state index in [0.29, 0.717) is 18.8 Å². The molecule has 3 heterocycles. The maximum absolute atomic E-state index is 12.2. The first-order valence-corrected chi connectivity index (χ1v) is 9.18. The van der Waals surface area contributed by atoms with Crippen LogP contribution in [0.3, 0.4) is 0 Å². The van der Waals surface area contributed by atoms with E-state index in [4.69, 9.17) is 20.8 Å². The Kier molecular flexibility index (Phi) is 5.78. The molecule has 1 amide bonds. The second kappa shape index (κ2) is 8.03. The molecule has 0 bridgehead atoms. The molecule has 1 aliphatic rings. The highest BCUT2D eigenvalue weighted by atomic mass is 35.5. The molecule has 8 heteroatoms. The smallest absolute Gasteiger partial charge is 0.374 e. The molecule has 0 aromatic carbocycles. The predicted molar refractivity (Wildman–Crippen MR) is 94.9 cm³/mol. The fraction of sp³-hybridized carbons (Fsp3) is 0.412. The lowest BCUT2D eigenvalue weighted by molar-refractivity contribution is -0.136. The minimum atomic E-state index is -0.616. The lowest BCUT2D eigenvalue weighted by atomic mass is 10.3. The molecular weight excluding hydrogens is 364 g/mol. The Morgan fingerprint density at radius 2 is 1.96 bits per heavy atom. The number of ether oxygens (including phenoxy) is 1. The van der Waals surface area contributed by atoms with Gasteiger partial charge < -0.3 is 14.1 Å². The topological polar surface area (TPSA) is 63.0 Å². The Balaban J connectivity index is 1.41. The van der Waals surface area contributed by atoms with E-state index in [1.54, 1.807) is 29.2 Å². The van der Waals surface area contributed by atoms with Crippen LogP contribution in [0.25, 0.3) is 0 Å². The summed E-state index contributed by atoms with van der Waals surface area (Å²) in [5.74, 6) is -0.0590. The Morgan fingerprint density at radius 3 is 2.56 bits per heavy atom. The van der Waals surface area contributed by atoms with Gasteiger partial charge in [0.25, 0.3) is 5.91 Å². The van der Waals surface area contributed by atoms with E-state index in [1.807, 2.05) is 12.1 Å². The molecule has 2 aromatic rings. The van der Waals surface area contributed by atoms with E-state index in [1.165, 1.54) is 10.9 Å². The quantitative estimate of drug-likeness (QED) is 0.744. The number of esters is 1. The lowest BCUT2D eigenvalue weighted by Gasteiger charge is -2.34. The maximum Gasteiger partial charge on any atom is 0.374 e. The molecule has 134 valence electrons. The van der Waals surface area contributed by atoms with Crippen LogP contribution in [0.5, 0.6) is 0 Å². The Hall–Kier alpha value is -1.83. The third-order valence-corrected chi connectivity index (χ3v) is 5.22. The average molecular weight is 383 g/mol. The summed E-state index contributed by atoms with van der Waals surface area (Å²) in [5.41, 5.74) is 0. The van der Waals surface area contributed by atoms with Crippen molar-refractivity contribution in [2.45, 2.75) is 13.5 Å². The molecule has 0 N–H and O–H groups in total. The summed E-state index contributed by atoms with van der Waals surface area (Å²) < 4.78 is 11.0. The molecule has 1 fully saturated rings. The highest BCUT2D eigenvalue weighted by Crippen LogP contribution is 2.23. The van der Waals surface area contributed by atoms with Crippen molar-refractivity contribution < 1.29 is 18.7 Å². The van der Waals surface area contributed by atoms with Gasteiger partial charge in [-0.25, -0.2) is 4.79 Å². The highest BCUT2D eigenvalue weighted by molar-refractivity contribution is 7.16. The molecule has 0 saturated carbocycles. The number of furan rings is 1. The van der Waals surface area contributed by atoms with Crippen molar-refractivity contribution in [3.05, 3.63) is 45.0 Å². The standard InChI is InChI=1S/C17H19ClN2O4S/c1-12-2-4-14(24-12)17(22)23-11-16(21)20-8-6-19(7-9-20)10-13-3-5-15(18)25-13/h2-5H,6-11H2,1H3. The van der Waals surface area contributed by atoms with Crippen molar-refractivity contribution in [3.63, 3.8) is 0 Å². The zero-order valence-corrected chi connectivity index (χ0v) is 15.4. The first-order chi connectivity index (χ1) is 12.0. The van der Waals surface area contributed by atoms with E-state index in [0.717, 1.165) is 24.0 Å². The molecule has 2 aromatic heterocycles. The molecule has 0 aliphatic carbocycles. The Morgan fingerprint density at radius 1 is 1.20 bits per heavy atom. The van der Waals surface area contributed by atoms with Crippen molar-refractivity contribution in [1.29, 1.82) is 0 Å². The van der Waals surface area contributed by atoms with Crippen LogP contribution >= 0.6 is 22.9 Å². The highest BCUT2D eigenvalue weighted by Gasteiger charge is 2.23. The molecule has 25 heavy (non-hydrogen) atoms. The summed E-state index contributed by atoms with van der Waals surface area (Å²) in [6, 6.07) is 7.15. The second-order valence-corrected chi connectivity index (χ2v) is 7.65. The number of carbonyl (C=O) groups is 2. The van der Waals surface area contributed by atoms with E-state index < -0.39 is 5.97 Å². The Labute approximate surface area is 154 Å². The minimum absolute atomic E-state index is 0.115. The van der Waals surface area contributed by atoms with Crippen molar-refractivity contribution in [1.82, 2.24) is 9.80 Å². The molecule has 6 nitrogen and oxygen atoms in total.